The van der Waals surface area contributed by atoms with Crippen LogP contribution in [0.4, 0.5) is 23.8 Å². The van der Waals surface area contributed by atoms with Gasteiger partial charge in [0.1, 0.15) is 54.6 Å². The lowest BCUT2D eigenvalue weighted by Crippen LogP contribution is -2.77. The second-order valence-corrected chi connectivity index (χ2v) is 25.1. The molecule has 3 aliphatic carbocycles. The van der Waals surface area contributed by atoms with E-state index in [-0.39, 0.29) is 144 Å². The normalized spacial score (nSPS) is 26.9. The van der Waals surface area contributed by atoms with Crippen LogP contribution in [-0.2, 0) is 43.2 Å². The van der Waals surface area contributed by atoms with Crippen molar-refractivity contribution in [3.63, 3.8) is 0 Å². The van der Waals surface area contributed by atoms with E-state index >= 15 is 8.78 Å². The Kier molecular flexibility index (Phi) is 11.5. The SMILES string of the molecule is C#Cc1c(F)ccc2cc(O)cc(-c3ncc4c(N5CC6CCC(C5)N6C(=O)C(=C)COC(=O)NC56CC(c7c8c(nc9cc%10c(cc79)OCO%10)-c7cc9c(c(=O)n7C8)COC(=O)[C@]9(O)CC)(C5)C6)nc(OC[C@@]56CCCN5C[C@H](F)C6)nc4c3F)c12. The Bertz CT molecular complexity index is 4380. The summed E-state index contributed by atoms with van der Waals surface area (Å²) in [5, 5.41) is 27.0. The van der Waals surface area contributed by atoms with Crippen LogP contribution in [0.2, 0.25) is 0 Å². The molecule has 20 nitrogen and oxygen atoms in total. The van der Waals surface area contributed by atoms with Crippen molar-refractivity contribution in [3.8, 4) is 58.2 Å². The number of terminal acetylenes is 1. The molecule has 7 aliphatic heterocycles. The lowest BCUT2D eigenvalue weighted by molar-refractivity contribution is -0.172. The molecule has 5 atom stereocenters. The number of pyridine rings is 3. The number of nitrogens with one attached hydrogen (secondary N) is 1. The highest BCUT2D eigenvalue weighted by molar-refractivity contribution is 6.03. The number of rotatable bonds is 11. The Hall–Kier alpha value is -9.01. The number of benzene rings is 3. The van der Waals surface area contributed by atoms with Crippen molar-refractivity contribution in [1.82, 2.24) is 39.6 Å². The second kappa shape index (κ2) is 18.7. The maximum absolute atomic E-state index is 17.5. The topological polar surface area (TPSA) is 233 Å². The van der Waals surface area contributed by atoms with Gasteiger partial charge in [-0.25, -0.2) is 27.7 Å². The lowest BCUT2D eigenvalue weighted by Gasteiger charge is -2.71. The van der Waals surface area contributed by atoms with Crippen LogP contribution in [0.5, 0.6) is 23.3 Å². The molecular formula is C64H56F3N9O11. The Balaban J connectivity index is 0.629. The Morgan fingerprint density at radius 1 is 0.966 bits per heavy atom. The number of piperazine rings is 1. The van der Waals surface area contributed by atoms with Gasteiger partial charge in [0, 0.05) is 82.3 Å². The van der Waals surface area contributed by atoms with Gasteiger partial charge in [-0.15, -0.1) is 6.42 Å². The number of fused-ring (bicyclic) bond motifs is 11. The molecule has 2 unspecified atom stereocenters. The quantitative estimate of drug-likeness (QED) is 0.0659. The summed E-state index contributed by atoms with van der Waals surface area (Å²) < 4.78 is 78.1. The molecule has 4 bridgehead atoms. The molecule has 11 heterocycles. The number of ether oxygens (including phenoxy) is 5. The predicted octanol–water partition coefficient (Wildman–Crippen LogP) is 7.22. The molecule has 3 aromatic carbocycles. The Morgan fingerprint density at radius 2 is 1.75 bits per heavy atom. The number of halogens is 3. The second-order valence-electron chi connectivity index (χ2n) is 25.1. The molecule has 3 saturated carbocycles. The van der Waals surface area contributed by atoms with E-state index in [1.54, 1.807) is 22.5 Å². The lowest BCUT2D eigenvalue weighted by atomic mass is 9.37. The molecule has 444 valence electrons. The molecule has 17 rings (SSSR count). The highest BCUT2D eigenvalue weighted by atomic mass is 19.1. The van der Waals surface area contributed by atoms with E-state index in [0.717, 1.165) is 29.5 Å². The molecule has 10 aliphatic rings. The zero-order valence-corrected chi connectivity index (χ0v) is 47.1. The number of cyclic esters (lactones) is 1. The van der Waals surface area contributed by atoms with Gasteiger partial charge >= 0.3 is 18.1 Å². The minimum Gasteiger partial charge on any atom is -0.508 e. The van der Waals surface area contributed by atoms with E-state index in [4.69, 9.17) is 40.1 Å². The number of carbonyl (C=O) groups is 3. The van der Waals surface area contributed by atoms with Gasteiger partial charge in [-0.1, -0.05) is 25.5 Å². The summed E-state index contributed by atoms with van der Waals surface area (Å²) in [5.41, 5.74) is -0.543. The van der Waals surface area contributed by atoms with Gasteiger partial charge in [-0.3, -0.25) is 19.5 Å². The maximum Gasteiger partial charge on any atom is 0.407 e. The van der Waals surface area contributed by atoms with Crippen LogP contribution in [-0.4, -0.2) is 138 Å². The van der Waals surface area contributed by atoms with Gasteiger partial charge in [0.25, 0.3) is 11.5 Å². The van der Waals surface area contributed by atoms with E-state index in [0.29, 0.717) is 84.7 Å². The fourth-order valence-corrected chi connectivity index (χ4v) is 16.2. The van der Waals surface area contributed by atoms with Crippen molar-refractivity contribution in [2.24, 2.45) is 0 Å². The number of hydrogen-bond acceptors (Lipinski definition) is 17. The summed E-state index contributed by atoms with van der Waals surface area (Å²) >= 11 is 0. The predicted molar refractivity (Wildman–Crippen MR) is 307 cm³/mol. The highest BCUT2D eigenvalue weighted by Crippen LogP contribution is 2.70. The van der Waals surface area contributed by atoms with Crippen LogP contribution in [0.1, 0.15) is 92.5 Å². The van der Waals surface area contributed by atoms with Crippen molar-refractivity contribution in [2.75, 3.05) is 51.1 Å². The first-order valence-electron chi connectivity index (χ1n) is 29.3. The third-order valence-electron chi connectivity index (χ3n) is 20.1. The summed E-state index contributed by atoms with van der Waals surface area (Å²) in [7, 11) is 0. The minimum absolute atomic E-state index is 0.00396. The molecule has 0 radical (unpaired) electrons. The first-order chi connectivity index (χ1) is 41.9. The number of alkyl halides is 1. The van der Waals surface area contributed by atoms with E-state index in [9.17, 15) is 33.8 Å². The van der Waals surface area contributed by atoms with Gasteiger partial charge in [0.05, 0.1) is 57.6 Å². The summed E-state index contributed by atoms with van der Waals surface area (Å²) in [4.78, 5) is 80.2. The van der Waals surface area contributed by atoms with E-state index in [2.05, 4.69) is 32.7 Å². The third-order valence-corrected chi connectivity index (χ3v) is 20.1. The van der Waals surface area contributed by atoms with Gasteiger partial charge in [-0.2, -0.15) is 9.97 Å². The molecule has 0 spiro atoms. The molecule has 7 aromatic rings. The van der Waals surface area contributed by atoms with E-state index in [1.807, 2.05) is 17.0 Å². The van der Waals surface area contributed by atoms with Crippen LogP contribution in [0.3, 0.4) is 0 Å². The Labute approximate surface area is 493 Å². The minimum atomic E-state index is -1.99. The smallest absolute Gasteiger partial charge is 0.407 e. The van der Waals surface area contributed by atoms with Gasteiger partial charge in [0.2, 0.25) is 6.79 Å². The fraction of sp³-hybridized carbons (Fsp3) is 0.406. The zero-order chi connectivity index (χ0) is 59.8. The average molecular weight is 1180 g/mol. The van der Waals surface area contributed by atoms with Crippen LogP contribution >= 0.6 is 0 Å². The van der Waals surface area contributed by atoms with Crippen LogP contribution in [0.15, 0.2) is 65.6 Å². The number of carbonyl (C=O) groups excluding carboxylic acids is 3. The molecule has 4 aromatic heterocycles. The number of anilines is 1. The monoisotopic (exact) mass is 1180 g/mol. The van der Waals surface area contributed by atoms with Gasteiger partial charge in [-0.05, 0) is 99.2 Å². The standard InChI is InChI=1S/C64H56F3N9O11/c1-4-37-44(66)10-7-32-13-36(77)14-39(49(32)37)53-51(67)54-40(19-68-53)55(71-59(70-54)85-29-63-11-6-12-74(63)20-33(65)18-63)73-21-34-8-9-35(22-73)76(34)56(78)31(3)24-84-60(81)72-62-26-61(27-62,28-62)50-38-15-47-48(87-30-86-47)17-45(38)69-52-41(50)23-75-46(52)16-43-42(57(75)79)25-83-58(80)64(43,82)5-2/h1,7,10,13-17,19,33-35,77,82H,3,5-6,8-9,11-12,18,20-30H2,2H3,(H,72,81)/t33-,34?,35?,61?,62?,63+,64+/m1/s1. The number of esters is 1. The zero-order valence-electron chi connectivity index (χ0n) is 47.1. The summed E-state index contributed by atoms with van der Waals surface area (Å²) in [6.45, 7) is 6.94. The highest BCUT2D eigenvalue weighted by Gasteiger charge is 2.70. The van der Waals surface area contributed by atoms with Crippen molar-refractivity contribution in [3.05, 3.63) is 111 Å². The van der Waals surface area contributed by atoms with Crippen LogP contribution < -0.4 is 30.0 Å². The number of alkyl carbamates (subject to hydrolysis) is 1. The number of phenols is 1. The molecule has 7 fully saturated rings. The first-order valence-corrected chi connectivity index (χ1v) is 29.3. The largest absolute Gasteiger partial charge is 0.508 e. The Morgan fingerprint density at radius 3 is 2.52 bits per heavy atom. The van der Waals surface area contributed by atoms with Crippen molar-refractivity contribution < 1.29 is 61.5 Å². The van der Waals surface area contributed by atoms with Crippen molar-refractivity contribution in [1.29, 1.82) is 0 Å². The summed E-state index contributed by atoms with van der Waals surface area (Å²) in [6.07, 6.45) is 10.2. The molecule has 3 N–H and O–H groups in total. The molecule has 4 saturated heterocycles. The number of nitrogens with zero attached hydrogens (tertiary/aromatic N) is 8. The van der Waals surface area contributed by atoms with Crippen LogP contribution in [0.25, 0.3) is 55.2 Å². The van der Waals surface area contributed by atoms with E-state index < -0.39 is 52.0 Å². The van der Waals surface area contributed by atoms with Gasteiger partial charge in [0.15, 0.2) is 22.9 Å². The number of aromatic hydroxyl groups is 1. The fourth-order valence-electron chi connectivity index (χ4n) is 16.2. The van der Waals surface area contributed by atoms with Gasteiger partial charge < -0.3 is 53.6 Å². The third kappa shape index (κ3) is 7.77. The number of hydrogen-bond donors (Lipinski definition) is 3. The van der Waals surface area contributed by atoms with Crippen molar-refractivity contribution >= 4 is 56.4 Å². The molecule has 87 heavy (non-hydrogen) atoms. The average Bonchev–Trinajstić information content (AvgIpc) is 1.45. The summed E-state index contributed by atoms with van der Waals surface area (Å²) in [5.74, 6) is 0.730. The molecule has 2 amide bonds. The molecular weight excluding hydrogens is 1130 g/mol. The molecule has 23 heteroatoms. The maximum atomic E-state index is 17.5. The number of phenolic OH excluding ortho intramolecular Hbond substituents is 1. The first kappa shape index (κ1) is 53.5. The summed E-state index contributed by atoms with van der Waals surface area (Å²) in [6, 6.07) is 9.84. The number of aliphatic hydroxyl groups is 1. The van der Waals surface area contributed by atoms with Crippen molar-refractivity contribution in [2.45, 2.75) is 118 Å². The van der Waals surface area contributed by atoms with Crippen LogP contribution in [0, 0.1) is 24.0 Å². The number of amides is 2. The van der Waals surface area contributed by atoms with E-state index in [1.165, 1.54) is 30.5 Å². The number of aromatic nitrogens is 5.